The number of anilines is 1. The molecule has 1 aliphatic heterocycles. The third-order valence-corrected chi connectivity index (χ3v) is 3.89. The van der Waals surface area contributed by atoms with Gasteiger partial charge in [-0.3, -0.25) is 9.59 Å². The predicted octanol–water partition coefficient (Wildman–Crippen LogP) is 2.20. The van der Waals surface area contributed by atoms with E-state index in [-0.39, 0.29) is 17.9 Å². The summed E-state index contributed by atoms with van der Waals surface area (Å²) in [5.74, 6) is -1.20. The van der Waals surface area contributed by atoms with E-state index >= 15 is 0 Å². The Balaban J connectivity index is 1.62. The van der Waals surface area contributed by atoms with Gasteiger partial charge in [0.2, 0.25) is 0 Å². The molecule has 122 valence electrons. The molecule has 1 heterocycles. The fraction of sp³-hybridized carbons (Fsp3) is 0.158. The van der Waals surface area contributed by atoms with Crippen molar-refractivity contribution in [2.75, 3.05) is 18.0 Å². The van der Waals surface area contributed by atoms with Gasteiger partial charge in [-0.05, 0) is 24.1 Å². The Morgan fingerprint density at radius 1 is 1.04 bits per heavy atom. The maximum absolute atomic E-state index is 12.4. The second kappa shape index (κ2) is 7.00. The molecule has 1 aliphatic rings. The van der Waals surface area contributed by atoms with E-state index in [0.29, 0.717) is 18.7 Å². The third kappa shape index (κ3) is 3.30. The standard InChI is InChI=1S/C19H18N2O3/c22-16-13-21(15-9-5-2-6-10-15)19(24)17(16)18(23)20-12-11-14-7-3-1-4-8-14/h1-10,22H,11-13H2,(H,20,23). The molecule has 2 aromatic carbocycles. The van der Waals surface area contributed by atoms with E-state index in [4.69, 9.17) is 0 Å². The summed E-state index contributed by atoms with van der Waals surface area (Å²) in [6.45, 7) is 0.419. The van der Waals surface area contributed by atoms with Gasteiger partial charge in [0.15, 0.2) is 0 Å². The smallest absolute Gasteiger partial charge is 0.267 e. The van der Waals surface area contributed by atoms with Crippen LogP contribution in [0.15, 0.2) is 72.0 Å². The molecule has 0 radical (unpaired) electrons. The van der Waals surface area contributed by atoms with Crippen LogP contribution in [0.4, 0.5) is 5.69 Å². The summed E-state index contributed by atoms with van der Waals surface area (Å²) in [7, 11) is 0. The molecule has 0 saturated carbocycles. The van der Waals surface area contributed by atoms with E-state index in [0.717, 1.165) is 5.56 Å². The number of aliphatic hydroxyl groups is 1. The number of carbonyl (C=O) groups is 2. The fourth-order valence-electron chi connectivity index (χ4n) is 2.66. The average Bonchev–Trinajstić information content (AvgIpc) is 2.91. The lowest BCUT2D eigenvalue weighted by Crippen LogP contribution is -2.34. The van der Waals surface area contributed by atoms with E-state index < -0.39 is 11.8 Å². The van der Waals surface area contributed by atoms with Gasteiger partial charge in [0.1, 0.15) is 11.3 Å². The van der Waals surface area contributed by atoms with Gasteiger partial charge in [0, 0.05) is 12.2 Å². The van der Waals surface area contributed by atoms with Crippen molar-refractivity contribution in [2.24, 2.45) is 0 Å². The number of nitrogens with one attached hydrogen (secondary N) is 1. The van der Waals surface area contributed by atoms with Crippen molar-refractivity contribution in [3.05, 3.63) is 77.6 Å². The van der Waals surface area contributed by atoms with Crippen molar-refractivity contribution in [1.82, 2.24) is 5.32 Å². The highest BCUT2D eigenvalue weighted by Crippen LogP contribution is 2.24. The summed E-state index contributed by atoms with van der Waals surface area (Å²) in [5, 5.41) is 12.7. The lowest BCUT2D eigenvalue weighted by atomic mass is 10.1. The molecule has 3 rings (SSSR count). The molecule has 5 heteroatoms. The molecular weight excluding hydrogens is 304 g/mol. The lowest BCUT2D eigenvalue weighted by Gasteiger charge is -2.15. The number of benzene rings is 2. The van der Waals surface area contributed by atoms with Crippen LogP contribution < -0.4 is 10.2 Å². The van der Waals surface area contributed by atoms with Crippen molar-refractivity contribution >= 4 is 17.5 Å². The SMILES string of the molecule is O=C(NCCc1ccccc1)C1=C(O)CN(c2ccccc2)C1=O. The van der Waals surface area contributed by atoms with Crippen molar-refractivity contribution in [3.63, 3.8) is 0 Å². The van der Waals surface area contributed by atoms with E-state index in [1.807, 2.05) is 36.4 Å². The Hall–Kier alpha value is -3.08. The number of amides is 2. The minimum absolute atomic E-state index is 0.0181. The van der Waals surface area contributed by atoms with Crippen LogP contribution in [0, 0.1) is 0 Å². The molecule has 0 spiro atoms. The Morgan fingerprint density at radius 2 is 1.67 bits per heavy atom. The second-order valence-corrected chi connectivity index (χ2v) is 5.54. The minimum atomic E-state index is -0.535. The highest BCUT2D eigenvalue weighted by molar-refractivity contribution is 6.26. The van der Waals surface area contributed by atoms with E-state index in [1.54, 1.807) is 24.3 Å². The summed E-state index contributed by atoms with van der Waals surface area (Å²) < 4.78 is 0. The van der Waals surface area contributed by atoms with E-state index in [1.165, 1.54) is 4.90 Å². The van der Waals surface area contributed by atoms with Crippen LogP contribution in [0.25, 0.3) is 0 Å². The molecule has 0 aliphatic carbocycles. The van der Waals surface area contributed by atoms with Crippen LogP contribution in [-0.2, 0) is 16.0 Å². The maximum Gasteiger partial charge on any atom is 0.267 e. The number of rotatable bonds is 5. The molecule has 2 amide bonds. The average molecular weight is 322 g/mol. The van der Waals surface area contributed by atoms with E-state index in [9.17, 15) is 14.7 Å². The Labute approximate surface area is 140 Å². The van der Waals surface area contributed by atoms with Gasteiger partial charge in [0.25, 0.3) is 11.8 Å². The van der Waals surface area contributed by atoms with Gasteiger partial charge < -0.3 is 15.3 Å². The van der Waals surface area contributed by atoms with Crippen LogP contribution in [0.2, 0.25) is 0 Å². The first-order valence-electron chi connectivity index (χ1n) is 7.78. The van der Waals surface area contributed by atoms with Crippen LogP contribution >= 0.6 is 0 Å². The van der Waals surface area contributed by atoms with Crippen molar-refractivity contribution < 1.29 is 14.7 Å². The molecule has 5 nitrogen and oxygen atoms in total. The number of carbonyl (C=O) groups excluding carboxylic acids is 2. The monoisotopic (exact) mass is 322 g/mol. The largest absolute Gasteiger partial charge is 0.509 e. The van der Waals surface area contributed by atoms with Gasteiger partial charge in [-0.25, -0.2) is 0 Å². The van der Waals surface area contributed by atoms with Gasteiger partial charge >= 0.3 is 0 Å². The van der Waals surface area contributed by atoms with Gasteiger partial charge in [0.05, 0.1) is 6.54 Å². The predicted molar refractivity (Wildman–Crippen MR) is 91.6 cm³/mol. The quantitative estimate of drug-likeness (QED) is 0.829. The summed E-state index contributed by atoms with van der Waals surface area (Å²) in [4.78, 5) is 26.1. The summed E-state index contributed by atoms with van der Waals surface area (Å²) >= 11 is 0. The van der Waals surface area contributed by atoms with Crippen molar-refractivity contribution in [2.45, 2.75) is 6.42 Å². The van der Waals surface area contributed by atoms with Crippen molar-refractivity contribution in [3.8, 4) is 0 Å². The molecule has 24 heavy (non-hydrogen) atoms. The highest BCUT2D eigenvalue weighted by Gasteiger charge is 2.35. The van der Waals surface area contributed by atoms with E-state index in [2.05, 4.69) is 5.32 Å². The van der Waals surface area contributed by atoms with Crippen LogP contribution in [0.5, 0.6) is 0 Å². The Kier molecular flexibility index (Phi) is 4.61. The molecule has 0 atom stereocenters. The number of hydrogen-bond donors (Lipinski definition) is 2. The first kappa shape index (κ1) is 15.8. The molecule has 0 bridgehead atoms. The normalized spacial score (nSPS) is 14.2. The zero-order chi connectivity index (χ0) is 16.9. The molecule has 2 N–H and O–H groups in total. The topological polar surface area (TPSA) is 69.6 Å². The molecule has 0 saturated heterocycles. The first-order chi connectivity index (χ1) is 11.7. The van der Waals surface area contributed by atoms with Crippen LogP contribution in [-0.4, -0.2) is 30.0 Å². The molecule has 0 unspecified atom stereocenters. The molecule has 2 aromatic rings. The number of hydrogen-bond acceptors (Lipinski definition) is 3. The summed E-state index contributed by atoms with van der Waals surface area (Å²) in [5.41, 5.74) is 1.58. The summed E-state index contributed by atoms with van der Waals surface area (Å²) in [6.07, 6.45) is 0.664. The minimum Gasteiger partial charge on any atom is -0.509 e. The Bertz CT molecular complexity index is 770. The number of para-hydroxylation sites is 1. The van der Waals surface area contributed by atoms with Crippen molar-refractivity contribution in [1.29, 1.82) is 0 Å². The summed E-state index contributed by atoms with van der Waals surface area (Å²) in [6, 6.07) is 18.7. The van der Waals surface area contributed by atoms with Gasteiger partial charge in [-0.1, -0.05) is 48.5 Å². The second-order valence-electron chi connectivity index (χ2n) is 5.54. The molecule has 0 fully saturated rings. The molecular formula is C19H18N2O3. The lowest BCUT2D eigenvalue weighted by molar-refractivity contribution is -0.122. The zero-order valence-corrected chi connectivity index (χ0v) is 13.1. The molecule has 0 aromatic heterocycles. The fourth-order valence-corrected chi connectivity index (χ4v) is 2.66. The van der Waals surface area contributed by atoms with Crippen LogP contribution in [0.1, 0.15) is 5.56 Å². The number of nitrogens with zero attached hydrogens (tertiary/aromatic N) is 1. The highest BCUT2D eigenvalue weighted by atomic mass is 16.3. The van der Waals surface area contributed by atoms with Gasteiger partial charge in [-0.2, -0.15) is 0 Å². The maximum atomic E-state index is 12.4. The number of aliphatic hydroxyl groups excluding tert-OH is 1. The Morgan fingerprint density at radius 3 is 2.33 bits per heavy atom. The van der Waals surface area contributed by atoms with Gasteiger partial charge in [-0.15, -0.1) is 0 Å². The zero-order valence-electron chi connectivity index (χ0n) is 13.1. The first-order valence-corrected chi connectivity index (χ1v) is 7.78. The van der Waals surface area contributed by atoms with Crippen LogP contribution in [0.3, 0.4) is 0 Å². The third-order valence-electron chi connectivity index (χ3n) is 3.89.